The van der Waals surface area contributed by atoms with Crippen LogP contribution in [0.1, 0.15) is 51.7 Å². The molecule has 0 unspecified atom stereocenters. The average molecular weight is 806 g/mol. The molecule has 4 bridgehead atoms. The number of aromatic nitrogens is 1. The van der Waals surface area contributed by atoms with E-state index < -0.39 is 65.7 Å². The smallest absolute Gasteiger partial charge is 0.409 e. The summed E-state index contributed by atoms with van der Waals surface area (Å²) < 4.78 is 29.6. The van der Waals surface area contributed by atoms with Crippen LogP contribution in [0.25, 0.3) is 10.9 Å². The summed E-state index contributed by atoms with van der Waals surface area (Å²) in [6, 6.07) is 10.3. The van der Waals surface area contributed by atoms with E-state index in [1.54, 1.807) is 46.3 Å². The number of aliphatic hydroxyl groups is 1. The van der Waals surface area contributed by atoms with Crippen molar-refractivity contribution in [2.24, 2.45) is 5.92 Å². The van der Waals surface area contributed by atoms with Gasteiger partial charge in [-0.05, 0) is 75.7 Å². The minimum absolute atomic E-state index is 0.0336. The number of nitrogen functional groups attached to an aromatic ring is 1. The number of nitrogens with two attached hydrogens (primary N) is 1. The first-order valence-electron chi connectivity index (χ1n) is 18.9. The maximum absolute atomic E-state index is 14.3. The number of alkyl carbamates (subject to hydrolysis) is 1. The van der Waals surface area contributed by atoms with Gasteiger partial charge in [0.25, 0.3) is 0 Å². The third kappa shape index (κ3) is 8.60. The Labute approximate surface area is 337 Å². The van der Waals surface area contributed by atoms with Crippen LogP contribution in [-0.2, 0) is 41.5 Å². The molecule has 306 valence electrons. The minimum atomic E-state index is -1.82. The molecule has 8 atom stereocenters. The Morgan fingerprint density at radius 3 is 2.72 bits per heavy atom. The number of hydrogen-bond acceptors (Lipinski definition) is 12. The Hall–Kier alpha value is -4.73. The zero-order valence-electron chi connectivity index (χ0n) is 33.6. The van der Waals surface area contributed by atoms with Crippen molar-refractivity contribution in [3.8, 4) is 5.75 Å². The van der Waals surface area contributed by atoms with E-state index in [0.717, 1.165) is 27.6 Å². The van der Waals surface area contributed by atoms with Gasteiger partial charge in [-0.25, -0.2) is 4.79 Å². The van der Waals surface area contributed by atoms with Crippen molar-refractivity contribution in [3.05, 3.63) is 82.5 Å². The van der Waals surface area contributed by atoms with Crippen LogP contribution >= 0.6 is 11.6 Å². The van der Waals surface area contributed by atoms with Gasteiger partial charge in [-0.1, -0.05) is 48.4 Å². The van der Waals surface area contributed by atoms with Crippen LogP contribution in [0.4, 0.5) is 16.2 Å². The van der Waals surface area contributed by atoms with Crippen LogP contribution < -0.4 is 20.7 Å². The van der Waals surface area contributed by atoms with Crippen molar-refractivity contribution in [2.45, 2.75) is 95.3 Å². The molecule has 15 heteroatoms. The van der Waals surface area contributed by atoms with E-state index in [0.29, 0.717) is 30.1 Å². The van der Waals surface area contributed by atoms with E-state index in [-0.39, 0.29) is 17.9 Å². The van der Waals surface area contributed by atoms with E-state index in [9.17, 15) is 19.5 Å². The summed E-state index contributed by atoms with van der Waals surface area (Å²) in [5, 5.41) is 15.4. The number of esters is 1. The molecule has 2 saturated heterocycles. The van der Waals surface area contributed by atoms with Gasteiger partial charge in [0.15, 0.2) is 5.72 Å². The van der Waals surface area contributed by atoms with Gasteiger partial charge in [-0.2, -0.15) is 0 Å². The molecule has 2 aromatic carbocycles. The Kier molecular flexibility index (Phi) is 12.2. The summed E-state index contributed by atoms with van der Waals surface area (Å²) in [5.74, 6) is -1.09. The van der Waals surface area contributed by atoms with Gasteiger partial charge >= 0.3 is 12.1 Å². The predicted octanol–water partition coefficient (Wildman–Crippen LogP) is 5.32. The Bertz CT molecular complexity index is 2100. The van der Waals surface area contributed by atoms with Gasteiger partial charge in [0.1, 0.15) is 40.7 Å². The zero-order chi connectivity index (χ0) is 41.4. The lowest BCUT2D eigenvalue weighted by molar-refractivity contribution is -0.159. The number of anilines is 2. The number of epoxide rings is 1. The maximum atomic E-state index is 14.3. The molecule has 0 saturated carbocycles. The molecule has 14 nitrogen and oxygen atoms in total. The highest BCUT2D eigenvalue weighted by atomic mass is 35.5. The molecule has 3 aromatic rings. The maximum Gasteiger partial charge on any atom is 0.409 e. The monoisotopic (exact) mass is 805 g/mol. The molecule has 57 heavy (non-hydrogen) atoms. The SMILES string of the molecule is COc1cc2cc(c1Cl)N(C)C(=O)C[C@H](OC(=O)[C@H](C)N(C)Cc1ccc(N)c3cccnc13)[C@]1(C)O[C@H]1[C@H](C)[C@@H]1C[C@@](O)(NC(=O)O1)[C@H](OC)/C=C/C=C(\C)C2. The summed E-state index contributed by atoms with van der Waals surface area (Å²) in [5.41, 5.74) is 7.61. The van der Waals surface area contributed by atoms with Crippen molar-refractivity contribution in [3.63, 3.8) is 0 Å². The van der Waals surface area contributed by atoms with E-state index in [2.05, 4.69) is 10.3 Å². The first kappa shape index (κ1) is 41.9. The first-order chi connectivity index (χ1) is 27.0. The summed E-state index contributed by atoms with van der Waals surface area (Å²) in [6.45, 7) is 7.62. The number of hydrogen-bond donors (Lipinski definition) is 3. The number of rotatable bonds is 7. The van der Waals surface area contributed by atoms with Gasteiger partial charge in [0, 0.05) is 50.3 Å². The van der Waals surface area contributed by atoms with Crippen LogP contribution in [0.2, 0.25) is 5.02 Å². The van der Waals surface area contributed by atoms with Crippen molar-refractivity contribution >= 4 is 51.8 Å². The number of nitrogens with one attached hydrogen (secondary N) is 1. The number of pyridine rings is 1. The Morgan fingerprint density at radius 1 is 1.25 bits per heavy atom. The normalized spacial score (nSPS) is 30.1. The molecule has 0 spiro atoms. The number of amides is 2. The van der Waals surface area contributed by atoms with Crippen molar-refractivity contribution in [1.82, 2.24) is 15.2 Å². The first-order valence-corrected chi connectivity index (χ1v) is 19.3. The van der Waals surface area contributed by atoms with Crippen molar-refractivity contribution < 1.29 is 43.2 Å². The van der Waals surface area contributed by atoms with Crippen LogP contribution in [0, 0.1) is 5.92 Å². The predicted molar refractivity (Wildman–Crippen MR) is 216 cm³/mol. The van der Waals surface area contributed by atoms with Gasteiger partial charge in [0.2, 0.25) is 5.91 Å². The van der Waals surface area contributed by atoms with Gasteiger partial charge in [-0.3, -0.25) is 24.8 Å². The third-order valence-corrected chi connectivity index (χ3v) is 11.9. The molecule has 4 N–H and O–H groups in total. The zero-order valence-corrected chi connectivity index (χ0v) is 34.3. The number of methoxy groups -OCH3 is 2. The fraction of sp³-hybridized carbons (Fsp3) is 0.476. The molecule has 2 amide bonds. The number of allylic oxidation sites excluding steroid dienone is 3. The number of carbonyl (C=O) groups is 3. The summed E-state index contributed by atoms with van der Waals surface area (Å²) in [4.78, 5) is 49.1. The highest BCUT2D eigenvalue weighted by molar-refractivity contribution is 6.35. The highest BCUT2D eigenvalue weighted by Gasteiger charge is 2.64. The number of nitrogens with zero attached hydrogens (tertiary/aromatic N) is 3. The van der Waals surface area contributed by atoms with Crippen LogP contribution in [0.15, 0.2) is 66.4 Å². The fourth-order valence-corrected chi connectivity index (χ4v) is 8.12. The lowest BCUT2D eigenvalue weighted by atomic mass is 9.83. The third-order valence-electron chi connectivity index (χ3n) is 11.5. The van der Waals surface area contributed by atoms with Crippen molar-refractivity contribution in [1.29, 1.82) is 0 Å². The minimum Gasteiger partial charge on any atom is -0.495 e. The molecule has 2 fully saturated rings. The van der Waals surface area contributed by atoms with Crippen molar-refractivity contribution in [2.75, 3.05) is 38.9 Å². The van der Waals surface area contributed by atoms with Crippen LogP contribution in [0.3, 0.4) is 0 Å². The van der Waals surface area contributed by atoms with Crippen LogP contribution in [0.5, 0.6) is 5.75 Å². The fourth-order valence-electron chi connectivity index (χ4n) is 7.81. The quantitative estimate of drug-likeness (QED) is 0.159. The standard InChI is InChI=1S/C42H52ClN5O9/c1-23-11-9-13-33(54-8)42(52)21-32(55-40(51)46-42)24(2)38-41(4,57-38)34(20-35(49)48(6)30-18-26(17-23)19-31(53-7)36(30)43)56-39(50)25(3)47(5)22-27-14-15-29(44)28-12-10-16-45-37(27)28/h9-16,18-19,24-25,32-34,38,52H,17,20-22,44H2,1-8H3,(H,46,51)/b13-9+,23-11+/t24-,25+,32+,33-,34+,38+,41+,42+/m1/s1. The molecular weight excluding hydrogens is 754 g/mol. The molecule has 6 rings (SSSR count). The number of halogens is 1. The lowest BCUT2D eigenvalue weighted by Gasteiger charge is -2.42. The van der Waals surface area contributed by atoms with Gasteiger partial charge in [-0.15, -0.1) is 0 Å². The summed E-state index contributed by atoms with van der Waals surface area (Å²) in [7, 11) is 6.36. The second-order valence-corrected chi connectivity index (χ2v) is 15.9. The molecule has 3 aliphatic heterocycles. The number of fused-ring (bicyclic) bond motifs is 6. The average Bonchev–Trinajstić information content (AvgIpc) is 3.88. The number of carbonyl (C=O) groups excluding carboxylic acids is 3. The number of likely N-dealkylation sites (N-methyl/N-ethyl adjacent to an activating group) is 1. The van der Waals surface area contributed by atoms with E-state index in [1.165, 1.54) is 19.1 Å². The largest absolute Gasteiger partial charge is 0.495 e. The summed E-state index contributed by atoms with van der Waals surface area (Å²) in [6.07, 6.45) is 2.88. The Balaban J connectivity index is 1.34. The Morgan fingerprint density at radius 2 is 2.00 bits per heavy atom. The number of benzene rings is 2. The topological polar surface area (TPSA) is 178 Å². The van der Waals surface area contributed by atoms with Gasteiger partial charge in [0.05, 0.1) is 30.8 Å². The molecule has 1 aromatic heterocycles. The molecule has 0 aliphatic carbocycles. The molecule has 3 aliphatic rings. The molecular formula is C42H52ClN5O9. The second kappa shape index (κ2) is 16.6. The molecule has 4 heterocycles. The van der Waals surface area contributed by atoms with E-state index >= 15 is 0 Å². The molecule has 0 radical (unpaired) electrons. The van der Waals surface area contributed by atoms with E-state index in [4.69, 9.17) is 41.0 Å². The van der Waals surface area contributed by atoms with E-state index in [1.807, 2.05) is 61.2 Å². The lowest BCUT2D eigenvalue weighted by Crippen LogP contribution is -2.63. The highest BCUT2D eigenvalue weighted by Crippen LogP contribution is 2.49. The summed E-state index contributed by atoms with van der Waals surface area (Å²) >= 11 is 6.81. The van der Waals surface area contributed by atoms with Crippen LogP contribution in [-0.4, -0.2) is 103 Å². The van der Waals surface area contributed by atoms with Gasteiger partial charge < -0.3 is 39.4 Å². The number of ether oxygens (including phenoxy) is 5. The second-order valence-electron chi connectivity index (χ2n) is 15.5.